The average Bonchev–Trinajstić information content (AvgIpc) is 2.97. The molecule has 216 valence electrons. The fourth-order valence-corrected chi connectivity index (χ4v) is 5.08. The number of fused-ring (bicyclic) bond motifs is 1. The van der Waals surface area contributed by atoms with Crippen molar-refractivity contribution in [1.82, 2.24) is 14.5 Å². The molecule has 8 nitrogen and oxygen atoms in total. The Hall–Kier alpha value is -4.11. The monoisotopic (exact) mass is 581 g/mol. The molecule has 1 unspecified atom stereocenters. The first-order valence-electron chi connectivity index (χ1n) is 13.2. The topological polar surface area (TPSA) is 82.9 Å². The van der Waals surface area contributed by atoms with Crippen molar-refractivity contribution < 1.29 is 23.4 Å². The zero-order chi connectivity index (χ0) is 29.8. The fraction of sp³-hybridized carbons (Fsp3) is 0.323. The molecule has 0 radical (unpaired) electrons. The maximum Gasteiger partial charge on any atom is 0.266 e. The van der Waals surface area contributed by atoms with E-state index in [1.165, 1.54) is 44.1 Å². The second-order valence-corrected chi connectivity index (χ2v) is 10.3. The van der Waals surface area contributed by atoms with Crippen LogP contribution in [0.4, 0.5) is 4.39 Å². The predicted molar refractivity (Wildman–Crippen MR) is 157 cm³/mol. The number of halogens is 2. The van der Waals surface area contributed by atoms with Gasteiger partial charge >= 0.3 is 0 Å². The highest BCUT2D eigenvalue weighted by molar-refractivity contribution is 6.30. The molecule has 1 atom stereocenters. The highest BCUT2D eigenvalue weighted by Gasteiger charge is 2.31. The first-order valence-corrected chi connectivity index (χ1v) is 13.6. The molecule has 0 bridgehead atoms. The molecule has 4 rings (SSSR count). The molecule has 3 aromatic carbocycles. The molecule has 0 aliphatic rings. The van der Waals surface area contributed by atoms with Gasteiger partial charge in [0.25, 0.3) is 11.5 Å². The zero-order valence-corrected chi connectivity index (χ0v) is 24.7. The van der Waals surface area contributed by atoms with Crippen LogP contribution >= 0.6 is 11.6 Å². The zero-order valence-electron chi connectivity index (χ0n) is 23.9. The normalized spacial score (nSPS) is 11.9. The fourth-order valence-electron chi connectivity index (χ4n) is 4.90. The average molecular weight is 582 g/mol. The predicted octanol–water partition coefficient (Wildman–Crippen LogP) is 6.45. The summed E-state index contributed by atoms with van der Waals surface area (Å²) in [5, 5.41) is 0.256. The third-order valence-corrected chi connectivity index (χ3v) is 7.05. The van der Waals surface area contributed by atoms with Crippen LogP contribution in [0.2, 0.25) is 5.02 Å². The number of aromatic nitrogens is 2. The summed E-state index contributed by atoms with van der Waals surface area (Å²) >= 11 is 6.13. The van der Waals surface area contributed by atoms with Gasteiger partial charge in [-0.1, -0.05) is 44.5 Å². The second kappa shape index (κ2) is 12.6. The Labute approximate surface area is 243 Å². The molecule has 1 heterocycles. The molecule has 0 saturated carbocycles. The van der Waals surface area contributed by atoms with Crippen LogP contribution in [0, 0.1) is 11.7 Å². The molecule has 0 saturated heterocycles. The highest BCUT2D eigenvalue weighted by atomic mass is 35.5. The van der Waals surface area contributed by atoms with Gasteiger partial charge in [0, 0.05) is 12.1 Å². The van der Waals surface area contributed by atoms with Crippen LogP contribution in [0.3, 0.4) is 0 Å². The Bertz CT molecular complexity index is 1610. The number of rotatable bonds is 10. The third-order valence-electron chi connectivity index (χ3n) is 6.76. The van der Waals surface area contributed by atoms with Gasteiger partial charge in [0.05, 0.1) is 49.0 Å². The molecule has 1 amide bonds. The first-order chi connectivity index (χ1) is 19.6. The minimum absolute atomic E-state index is 0.0796. The molecule has 0 spiro atoms. The van der Waals surface area contributed by atoms with Gasteiger partial charge in [0.15, 0.2) is 11.5 Å². The number of ether oxygens (including phenoxy) is 3. The lowest BCUT2D eigenvalue weighted by Gasteiger charge is -2.34. The van der Waals surface area contributed by atoms with Crippen LogP contribution in [-0.4, -0.2) is 48.2 Å². The Morgan fingerprint density at radius 1 is 1.02 bits per heavy atom. The van der Waals surface area contributed by atoms with E-state index in [1.54, 1.807) is 41.3 Å². The lowest BCUT2D eigenvalue weighted by Crippen LogP contribution is -2.40. The van der Waals surface area contributed by atoms with E-state index in [1.807, 2.05) is 20.8 Å². The summed E-state index contributed by atoms with van der Waals surface area (Å²) in [4.78, 5) is 34.8. The Morgan fingerprint density at radius 3 is 2.24 bits per heavy atom. The van der Waals surface area contributed by atoms with Gasteiger partial charge in [0.1, 0.15) is 11.6 Å². The van der Waals surface area contributed by atoms with E-state index in [2.05, 4.69) is 0 Å². The van der Waals surface area contributed by atoms with Gasteiger partial charge < -0.3 is 19.1 Å². The van der Waals surface area contributed by atoms with Crippen LogP contribution in [0.15, 0.2) is 59.4 Å². The molecule has 0 aliphatic heterocycles. The minimum Gasteiger partial charge on any atom is -0.493 e. The number of hydrogen-bond donors (Lipinski definition) is 0. The van der Waals surface area contributed by atoms with Gasteiger partial charge in [-0.15, -0.1) is 0 Å². The lowest BCUT2D eigenvalue weighted by molar-refractivity contribution is 0.0630. The molecular weight excluding hydrogens is 549 g/mol. The van der Waals surface area contributed by atoms with Crippen molar-refractivity contribution in [3.8, 4) is 22.9 Å². The van der Waals surface area contributed by atoms with Crippen LogP contribution in [-0.2, 0) is 0 Å². The number of para-hydroxylation sites is 1. The van der Waals surface area contributed by atoms with Gasteiger partial charge in [-0.2, -0.15) is 0 Å². The summed E-state index contributed by atoms with van der Waals surface area (Å²) in [5.74, 6) is 0.549. The highest BCUT2D eigenvalue weighted by Crippen LogP contribution is 2.39. The number of nitrogens with zero attached hydrogens (tertiary/aromatic N) is 3. The third kappa shape index (κ3) is 5.86. The van der Waals surface area contributed by atoms with Crippen LogP contribution in [0.25, 0.3) is 16.6 Å². The molecule has 4 aromatic rings. The quantitative estimate of drug-likeness (QED) is 0.214. The molecule has 10 heteroatoms. The van der Waals surface area contributed by atoms with Crippen molar-refractivity contribution in [2.24, 2.45) is 5.92 Å². The van der Waals surface area contributed by atoms with Crippen molar-refractivity contribution in [3.05, 3.63) is 87.2 Å². The standard InChI is InChI=1S/C31H33ClFN3O5/c1-7-25(35(17-18(2)3)30(37)19-14-26(39-4)28(41-6)27(15-19)40-5)29-34-24-11-9-8-10-21(24)31(38)36(29)20-12-13-23(33)22(32)16-20/h8-16,18,25H,7,17H2,1-6H3. The Morgan fingerprint density at radius 2 is 1.68 bits per heavy atom. The van der Waals surface area contributed by atoms with E-state index in [9.17, 15) is 14.0 Å². The van der Waals surface area contributed by atoms with E-state index in [-0.39, 0.29) is 22.4 Å². The SMILES string of the molecule is CCC(c1nc2ccccc2c(=O)n1-c1ccc(F)c(Cl)c1)N(CC(C)C)C(=O)c1cc(OC)c(OC)c(OC)c1. The number of carbonyl (C=O) groups is 1. The molecule has 41 heavy (non-hydrogen) atoms. The van der Waals surface area contributed by atoms with Crippen LogP contribution < -0.4 is 19.8 Å². The summed E-state index contributed by atoms with van der Waals surface area (Å²) < 4.78 is 31.9. The summed E-state index contributed by atoms with van der Waals surface area (Å²) in [7, 11) is 4.46. The van der Waals surface area contributed by atoms with E-state index in [0.29, 0.717) is 58.2 Å². The number of hydrogen-bond acceptors (Lipinski definition) is 6. The van der Waals surface area contributed by atoms with Crippen LogP contribution in [0.5, 0.6) is 17.2 Å². The van der Waals surface area contributed by atoms with E-state index in [0.717, 1.165) is 0 Å². The molecule has 0 fully saturated rings. The maximum atomic E-state index is 14.3. The number of carbonyl (C=O) groups excluding carboxylic acids is 1. The molecular formula is C31H33ClFN3O5. The second-order valence-electron chi connectivity index (χ2n) is 9.92. The molecule has 0 N–H and O–H groups in total. The minimum atomic E-state index is -0.634. The lowest BCUT2D eigenvalue weighted by atomic mass is 10.0. The van der Waals surface area contributed by atoms with Crippen molar-refractivity contribution in [3.63, 3.8) is 0 Å². The number of benzene rings is 3. The van der Waals surface area contributed by atoms with Gasteiger partial charge in [-0.25, -0.2) is 9.37 Å². The van der Waals surface area contributed by atoms with Crippen LogP contribution in [0.1, 0.15) is 49.4 Å². The van der Waals surface area contributed by atoms with Crippen molar-refractivity contribution in [2.75, 3.05) is 27.9 Å². The molecule has 1 aromatic heterocycles. The summed E-state index contributed by atoms with van der Waals surface area (Å²) in [6.07, 6.45) is 0.433. The summed E-state index contributed by atoms with van der Waals surface area (Å²) in [6, 6.07) is 13.6. The van der Waals surface area contributed by atoms with E-state index < -0.39 is 11.9 Å². The Balaban J connectivity index is 1.97. The van der Waals surface area contributed by atoms with Crippen molar-refractivity contribution in [2.45, 2.75) is 33.2 Å². The number of amides is 1. The first kappa shape index (κ1) is 29.9. The van der Waals surface area contributed by atoms with Crippen molar-refractivity contribution in [1.29, 1.82) is 0 Å². The summed E-state index contributed by atoms with van der Waals surface area (Å²) in [5.41, 5.74) is 0.799. The summed E-state index contributed by atoms with van der Waals surface area (Å²) in [6.45, 7) is 6.29. The Kier molecular flexibility index (Phi) is 9.18. The largest absolute Gasteiger partial charge is 0.493 e. The number of methoxy groups -OCH3 is 3. The van der Waals surface area contributed by atoms with Gasteiger partial charge in [-0.05, 0) is 54.8 Å². The molecule has 0 aliphatic carbocycles. The van der Waals surface area contributed by atoms with Crippen molar-refractivity contribution >= 4 is 28.4 Å². The van der Waals surface area contributed by atoms with E-state index in [4.69, 9.17) is 30.8 Å². The van der Waals surface area contributed by atoms with Gasteiger partial charge in [-0.3, -0.25) is 14.2 Å². The smallest absolute Gasteiger partial charge is 0.266 e. The van der Waals surface area contributed by atoms with E-state index >= 15 is 0 Å². The van der Waals surface area contributed by atoms with Gasteiger partial charge in [0.2, 0.25) is 5.75 Å². The maximum absolute atomic E-state index is 14.3.